The Bertz CT molecular complexity index is 1020. The third kappa shape index (κ3) is 4.34. The minimum Gasteiger partial charge on any atom is -0.497 e. The number of nitrogens with one attached hydrogen (secondary N) is 3. The normalized spacial score (nSPS) is 18.4. The molecule has 0 spiro atoms. The lowest BCUT2D eigenvalue weighted by molar-refractivity contribution is -0.123. The third-order valence-electron chi connectivity index (χ3n) is 5.08. The first-order valence-electron chi connectivity index (χ1n) is 9.60. The van der Waals surface area contributed by atoms with Gasteiger partial charge in [0, 0.05) is 10.4 Å². The molecule has 4 rings (SSSR count). The molecule has 3 N–H and O–H groups in total. The molecule has 3 aromatic rings. The van der Waals surface area contributed by atoms with Gasteiger partial charge in [0.05, 0.1) is 37.4 Å². The van der Waals surface area contributed by atoms with E-state index < -0.39 is 0 Å². The Labute approximate surface area is 183 Å². The van der Waals surface area contributed by atoms with Crippen molar-refractivity contribution in [3.8, 4) is 21.4 Å². The van der Waals surface area contributed by atoms with Gasteiger partial charge in [0.25, 0.3) is 0 Å². The van der Waals surface area contributed by atoms with E-state index in [4.69, 9.17) is 9.47 Å². The molecule has 2 atom stereocenters. The number of rotatable bonds is 7. The molecule has 3 heterocycles. The molecule has 1 aliphatic heterocycles. The topological polar surface area (TPSA) is 84.5 Å². The van der Waals surface area contributed by atoms with Gasteiger partial charge in [-0.2, -0.15) is 0 Å². The maximum atomic E-state index is 12.7. The largest absolute Gasteiger partial charge is 0.497 e. The number of methoxy groups -OCH3 is 2. The highest BCUT2D eigenvalue weighted by molar-refractivity contribution is 7.21. The fraction of sp³-hybridized carbons (Fsp3) is 0.333. The number of hydrogen-bond acceptors (Lipinski definition) is 8. The zero-order valence-electron chi connectivity index (χ0n) is 17.0. The number of hydrazine groups is 1. The number of ether oxygens (including phenoxy) is 2. The van der Waals surface area contributed by atoms with Crippen LogP contribution in [0.1, 0.15) is 28.6 Å². The van der Waals surface area contributed by atoms with Crippen molar-refractivity contribution in [2.75, 3.05) is 14.2 Å². The molecule has 2 unspecified atom stereocenters. The van der Waals surface area contributed by atoms with E-state index in [1.807, 2.05) is 36.6 Å². The van der Waals surface area contributed by atoms with Crippen LogP contribution in [-0.2, 0) is 11.3 Å². The number of aryl methyl sites for hydroxylation is 1. The molecule has 1 amide bonds. The molecule has 0 saturated carbocycles. The lowest BCUT2D eigenvalue weighted by atomic mass is 10.0. The van der Waals surface area contributed by atoms with Gasteiger partial charge < -0.3 is 14.8 Å². The Morgan fingerprint density at radius 2 is 2.13 bits per heavy atom. The molecule has 0 bridgehead atoms. The van der Waals surface area contributed by atoms with Gasteiger partial charge in [-0.3, -0.25) is 4.79 Å². The average molecular weight is 445 g/mol. The number of amides is 1. The van der Waals surface area contributed by atoms with Gasteiger partial charge in [0.1, 0.15) is 22.5 Å². The SMILES string of the molecule is COc1ccc(OC)c(C2CC(C(=O)NCc3sc(-c4cccs4)nc3C)NN2)c1. The van der Waals surface area contributed by atoms with E-state index in [2.05, 4.69) is 27.2 Å². The Morgan fingerprint density at radius 1 is 1.27 bits per heavy atom. The number of thiophene rings is 1. The first-order valence-corrected chi connectivity index (χ1v) is 11.3. The van der Waals surface area contributed by atoms with Crippen molar-refractivity contribution in [3.05, 3.63) is 51.8 Å². The molecule has 0 radical (unpaired) electrons. The summed E-state index contributed by atoms with van der Waals surface area (Å²) in [4.78, 5) is 19.6. The summed E-state index contributed by atoms with van der Waals surface area (Å²) in [6, 6.07) is 9.36. The third-order valence-corrected chi connectivity index (χ3v) is 7.28. The summed E-state index contributed by atoms with van der Waals surface area (Å²) < 4.78 is 10.8. The molecular formula is C21H24N4O3S2. The van der Waals surface area contributed by atoms with Crippen LogP contribution < -0.4 is 25.6 Å². The number of thiazole rings is 1. The molecule has 1 saturated heterocycles. The van der Waals surface area contributed by atoms with Crippen LogP contribution in [0.4, 0.5) is 0 Å². The lowest BCUT2D eigenvalue weighted by Gasteiger charge is -2.15. The maximum absolute atomic E-state index is 12.7. The van der Waals surface area contributed by atoms with Crippen LogP contribution in [0, 0.1) is 6.92 Å². The number of carbonyl (C=O) groups excluding carboxylic acids is 1. The molecule has 7 nitrogen and oxygen atoms in total. The van der Waals surface area contributed by atoms with Crippen LogP contribution in [0.25, 0.3) is 9.88 Å². The summed E-state index contributed by atoms with van der Waals surface area (Å²) in [6.45, 7) is 2.45. The van der Waals surface area contributed by atoms with Crippen molar-refractivity contribution in [1.29, 1.82) is 0 Å². The summed E-state index contributed by atoms with van der Waals surface area (Å²) >= 11 is 3.30. The fourth-order valence-electron chi connectivity index (χ4n) is 3.43. The van der Waals surface area contributed by atoms with Gasteiger partial charge in [-0.1, -0.05) is 6.07 Å². The minimum atomic E-state index is -0.337. The molecule has 0 aliphatic carbocycles. The predicted molar refractivity (Wildman–Crippen MR) is 119 cm³/mol. The highest BCUT2D eigenvalue weighted by Gasteiger charge is 2.32. The van der Waals surface area contributed by atoms with E-state index in [-0.39, 0.29) is 18.0 Å². The van der Waals surface area contributed by atoms with Gasteiger partial charge in [0.15, 0.2) is 0 Å². The molecule has 1 aliphatic rings. The zero-order chi connectivity index (χ0) is 21.1. The van der Waals surface area contributed by atoms with Crippen LogP contribution in [0.3, 0.4) is 0 Å². The lowest BCUT2D eigenvalue weighted by Crippen LogP contribution is -2.42. The minimum absolute atomic E-state index is 0.0441. The van der Waals surface area contributed by atoms with Crippen LogP contribution in [-0.4, -0.2) is 31.2 Å². The van der Waals surface area contributed by atoms with E-state index in [0.717, 1.165) is 37.5 Å². The maximum Gasteiger partial charge on any atom is 0.238 e. The molecular weight excluding hydrogens is 420 g/mol. The van der Waals surface area contributed by atoms with Gasteiger partial charge in [-0.05, 0) is 43.0 Å². The molecule has 1 aromatic carbocycles. The monoisotopic (exact) mass is 444 g/mol. The zero-order valence-corrected chi connectivity index (χ0v) is 18.7. The first kappa shape index (κ1) is 20.8. The second-order valence-electron chi connectivity index (χ2n) is 6.96. The summed E-state index contributed by atoms with van der Waals surface area (Å²) in [5, 5.41) is 6.08. The quantitative estimate of drug-likeness (QED) is 0.518. The Hall–Kier alpha value is -2.46. The molecule has 158 valence electrons. The molecule has 1 fully saturated rings. The number of nitrogens with zero attached hydrogens (tertiary/aromatic N) is 1. The van der Waals surface area contributed by atoms with Crippen molar-refractivity contribution < 1.29 is 14.3 Å². The number of carbonyl (C=O) groups is 1. The smallest absolute Gasteiger partial charge is 0.238 e. The van der Waals surface area contributed by atoms with Crippen LogP contribution >= 0.6 is 22.7 Å². The van der Waals surface area contributed by atoms with E-state index in [1.165, 1.54) is 0 Å². The predicted octanol–water partition coefficient (Wildman–Crippen LogP) is 3.42. The van der Waals surface area contributed by atoms with E-state index >= 15 is 0 Å². The van der Waals surface area contributed by atoms with Gasteiger partial charge in [0.2, 0.25) is 5.91 Å². The summed E-state index contributed by atoms with van der Waals surface area (Å²) in [6.07, 6.45) is 0.609. The van der Waals surface area contributed by atoms with E-state index in [9.17, 15) is 4.79 Å². The van der Waals surface area contributed by atoms with Gasteiger partial charge in [-0.25, -0.2) is 15.8 Å². The van der Waals surface area contributed by atoms with Crippen molar-refractivity contribution in [1.82, 2.24) is 21.2 Å². The van der Waals surface area contributed by atoms with Crippen molar-refractivity contribution >= 4 is 28.6 Å². The molecule has 30 heavy (non-hydrogen) atoms. The second kappa shape index (κ2) is 9.13. The van der Waals surface area contributed by atoms with Gasteiger partial charge >= 0.3 is 0 Å². The Balaban J connectivity index is 1.38. The number of aromatic nitrogens is 1. The number of hydrogen-bond donors (Lipinski definition) is 3. The van der Waals surface area contributed by atoms with Crippen LogP contribution in [0.2, 0.25) is 0 Å². The molecule has 9 heteroatoms. The summed E-state index contributed by atoms with van der Waals surface area (Å²) in [7, 11) is 3.27. The van der Waals surface area contributed by atoms with Crippen molar-refractivity contribution in [3.63, 3.8) is 0 Å². The van der Waals surface area contributed by atoms with E-state index in [1.54, 1.807) is 36.9 Å². The van der Waals surface area contributed by atoms with Crippen molar-refractivity contribution in [2.45, 2.75) is 32.0 Å². The summed E-state index contributed by atoms with van der Waals surface area (Å²) in [5.41, 5.74) is 8.23. The average Bonchev–Trinajstić information content (AvgIpc) is 3.52. The highest BCUT2D eigenvalue weighted by atomic mass is 32.1. The second-order valence-corrected chi connectivity index (χ2v) is 8.99. The summed E-state index contributed by atoms with van der Waals surface area (Å²) in [5.74, 6) is 1.47. The van der Waals surface area contributed by atoms with Gasteiger partial charge in [-0.15, -0.1) is 22.7 Å². The molecule has 2 aromatic heterocycles. The van der Waals surface area contributed by atoms with Crippen LogP contribution in [0.15, 0.2) is 35.7 Å². The Morgan fingerprint density at radius 3 is 2.87 bits per heavy atom. The first-order chi connectivity index (χ1) is 14.6. The van der Waals surface area contributed by atoms with Crippen molar-refractivity contribution in [2.24, 2.45) is 0 Å². The highest BCUT2D eigenvalue weighted by Crippen LogP contribution is 2.34. The fourth-order valence-corrected chi connectivity index (χ4v) is 5.23. The van der Waals surface area contributed by atoms with Crippen LogP contribution in [0.5, 0.6) is 11.5 Å². The standard InChI is InChI=1S/C21H24N4O3S2/c1-12-19(30-21(23-12)18-5-4-8-29-18)11-22-20(26)16-10-15(24-25-16)14-9-13(27-2)6-7-17(14)28-3/h4-9,15-16,24-25H,10-11H2,1-3H3,(H,22,26). The Kier molecular flexibility index (Phi) is 6.33. The van der Waals surface area contributed by atoms with E-state index in [0.29, 0.717) is 13.0 Å². The number of benzene rings is 1.